The number of ether oxygens (including phenoxy) is 1. The van der Waals surface area contributed by atoms with E-state index in [9.17, 15) is 4.79 Å². The lowest BCUT2D eigenvalue weighted by atomic mass is 10.2. The van der Waals surface area contributed by atoms with Crippen molar-refractivity contribution < 1.29 is 9.53 Å². The van der Waals surface area contributed by atoms with Crippen LogP contribution in [0.15, 0.2) is 30.3 Å². The maximum atomic E-state index is 11.5. The molecule has 1 aliphatic rings. The van der Waals surface area contributed by atoms with Gasteiger partial charge in [0.25, 0.3) is 0 Å². The molecule has 2 rings (SSSR count). The largest absolute Gasteiger partial charge is 0.468 e. The Hall–Kier alpha value is -1.35. The molecule has 1 unspecified atom stereocenters. The molecular weight excluding hydrogens is 202 g/mol. The third-order valence-electron chi connectivity index (χ3n) is 3.13. The van der Waals surface area contributed by atoms with Gasteiger partial charge in [0.2, 0.25) is 0 Å². The van der Waals surface area contributed by atoms with Crippen molar-refractivity contribution in [3.05, 3.63) is 35.9 Å². The van der Waals surface area contributed by atoms with E-state index in [-0.39, 0.29) is 12.0 Å². The molecule has 0 radical (unpaired) electrons. The van der Waals surface area contributed by atoms with E-state index in [0.717, 1.165) is 13.0 Å². The summed E-state index contributed by atoms with van der Waals surface area (Å²) in [5, 5.41) is 0. The van der Waals surface area contributed by atoms with Gasteiger partial charge in [-0.1, -0.05) is 37.3 Å². The fourth-order valence-corrected chi connectivity index (χ4v) is 2.21. The van der Waals surface area contributed by atoms with Crippen molar-refractivity contribution in [3.8, 4) is 0 Å². The Bertz CT molecular complexity index is 363. The molecular formula is C13H17NO2. The average Bonchev–Trinajstić information content (AvgIpc) is 3.02. The molecule has 0 N–H and O–H groups in total. The van der Waals surface area contributed by atoms with Crippen molar-refractivity contribution in [3.63, 3.8) is 0 Å². The van der Waals surface area contributed by atoms with Gasteiger partial charge in [0.1, 0.15) is 6.04 Å². The summed E-state index contributed by atoms with van der Waals surface area (Å²) in [6, 6.07) is 10.5. The van der Waals surface area contributed by atoms with Crippen LogP contribution in [0.3, 0.4) is 0 Å². The summed E-state index contributed by atoms with van der Waals surface area (Å²) in [5.41, 5.74) is 1.24. The lowest BCUT2D eigenvalue weighted by molar-refractivity contribution is -0.141. The average molecular weight is 219 g/mol. The van der Waals surface area contributed by atoms with Gasteiger partial charge in [-0.2, -0.15) is 0 Å². The Labute approximate surface area is 96.0 Å². The predicted octanol–water partition coefficient (Wildman–Crippen LogP) is 1.82. The van der Waals surface area contributed by atoms with Crippen molar-refractivity contribution in [2.45, 2.75) is 32.0 Å². The topological polar surface area (TPSA) is 29.3 Å². The van der Waals surface area contributed by atoms with Crippen molar-refractivity contribution in [1.29, 1.82) is 0 Å². The number of carbonyl (C=O) groups excluding carboxylic acids is 1. The van der Waals surface area contributed by atoms with Gasteiger partial charge in [-0.3, -0.25) is 9.69 Å². The predicted molar refractivity (Wildman–Crippen MR) is 61.9 cm³/mol. The van der Waals surface area contributed by atoms with Crippen LogP contribution in [-0.4, -0.2) is 30.1 Å². The molecule has 0 aromatic heterocycles. The zero-order chi connectivity index (χ0) is 11.5. The van der Waals surface area contributed by atoms with E-state index >= 15 is 0 Å². The van der Waals surface area contributed by atoms with E-state index < -0.39 is 0 Å². The second kappa shape index (κ2) is 4.66. The number of rotatable bonds is 4. The summed E-state index contributed by atoms with van der Waals surface area (Å²) < 4.78 is 4.79. The van der Waals surface area contributed by atoms with E-state index in [1.165, 1.54) is 12.7 Å². The Morgan fingerprint density at radius 3 is 2.62 bits per heavy atom. The first-order valence-electron chi connectivity index (χ1n) is 5.65. The van der Waals surface area contributed by atoms with Crippen molar-refractivity contribution in [2.24, 2.45) is 0 Å². The first-order chi connectivity index (χ1) is 7.77. The highest BCUT2D eigenvalue weighted by Gasteiger charge is 2.51. The smallest absolute Gasteiger partial charge is 0.324 e. The molecule has 3 heteroatoms. The van der Waals surface area contributed by atoms with Gasteiger partial charge in [0.15, 0.2) is 0 Å². The quantitative estimate of drug-likeness (QED) is 0.571. The van der Waals surface area contributed by atoms with Crippen molar-refractivity contribution in [1.82, 2.24) is 4.90 Å². The minimum atomic E-state index is -0.109. The van der Waals surface area contributed by atoms with Crippen LogP contribution in [0.25, 0.3) is 0 Å². The van der Waals surface area contributed by atoms with Crippen LogP contribution in [0.2, 0.25) is 0 Å². The zero-order valence-electron chi connectivity index (χ0n) is 9.72. The summed E-state index contributed by atoms with van der Waals surface area (Å²) in [6.45, 7) is 2.94. The van der Waals surface area contributed by atoms with Crippen LogP contribution >= 0.6 is 0 Å². The molecule has 1 fully saturated rings. The van der Waals surface area contributed by atoms with Crippen LogP contribution in [0.4, 0.5) is 0 Å². The van der Waals surface area contributed by atoms with Gasteiger partial charge in [0, 0.05) is 12.6 Å². The summed E-state index contributed by atoms with van der Waals surface area (Å²) >= 11 is 0. The third-order valence-corrected chi connectivity index (χ3v) is 3.13. The van der Waals surface area contributed by atoms with Crippen LogP contribution < -0.4 is 0 Å². The highest BCUT2D eigenvalue weighted by atomic mass is 16.5. The van der Waals surface area contributed by atoms with E-state index in [4.69, 9.17) is 4.74 Å². The normalized spacial score (nSPS) is 27.5. The fourth-order valence-electron chi connectivity index (χ4n) is 2.21. The van der Waals surface area contributed by atoms with E-state index in [1.54, 1.807) is 0 Å². The van der Waals surface area contributed by atoms with Gasteiger partial charge < -0.3 is 4.74 Å². The monoisotopic (exact) mass is 219 g/mol. The zero-order valence-corrected chi connectivity index (χ0v) is 9.72. The first kappa shape index (κ1) is 11.1. The number of hydrogen-bond donors (Lipinski definition) is 0. The molecule has 0 aliphatic carbocycles. The highest BCUT2D eigenvalue weighted by molar-refractivity contribution is 5.80. The molecule has 0 amide bonds. The third kappa shape index (κ3) is 2.09. The number of methoxy groups -OCH3 is 1. The molecule has 86 valence electrons. The van der Waals surface area contributed by atoms with Crippen molar-refractivity contribution in [2.75, 3.05) is 7.11 Å². The minimum Gasteiger partial charge on any atom is -0.468 e. The van der Waals surface area contributed by atoms with Gasteiger partial charge >= 0.3 is 5.97 Å². The maximum Gasteiger partial charge on any atom is 0.324 e. The summed E-state index contributed by atoms with van der Waals surface area (Å²) in [5.74, 6) is -0.109. The van der Waals surface area contributed by atoms with Gasteiger partial charge in [-0.25, -0.2) is 0 Å². The minimum absolute atomic E-state index is 0.0322. The van der Waals surface area contributed by atoms with Gasteiger partial charge in [0.05, 0.1) is 7.11 Å². The molecule has 3 nitrogen and oxygen atoms in total. The molecule has 1 aromatic rings. The Morgan fingerprint density at radius 1 is 1.38 bits per heavy atom. The first-order valence-corrected chi connectivity index (χ1v) is 5.65. The molecule has 1 aliphatic heterocycles. The highest BCUT2D eigenvalue weighted by Crippen LogP contribution is 2.33. The second-order valence-electron chi connectivity index (χ2n) is 4.10. The van der Waals surface area contributed by atoms with E-state index in [2.05, 4.69) is 24.0 Å². The van der Waals surface area contributed by atoms with Crippen LogP contribution in [-0.2, 0) is 16.1 Å². The van der Waals surface area contributed by atoms with Crippen LogP contribution in [0.1, 0.15) is 18.9 Å². The molecule has 0 bridgehead atoms. The number of esters is 1. The SMILES string of the molecule is CC[C@@H]1[C@@H](C(=O)OC)N1Cc1ccccc1. The van der Waals surface area contributed by atoms with E-state index in [1.807, 2.05) is 18.2 Å². The molecule has 1 aromatic carbocycles. The molecule has 0 spiro atoms. The Morgan fingerprint density at radius 2 is 2.06 bits per heavy atom. The molecule has 1 saturated heterocycles. The van der Waals surface area contributed by atoms with Crippen molar-refractivity contribution >= 4 is 5.97 Å². The molecule has 3 atom stereocenters. The molecule has 1 heterocycles. The van der Waals surface area contributed by atoms with Crippen LogP contribution in [0.5, 0.6) is 0 Å². The number of carbonyl (C=O) groups is 1. The summed E-state index contributed by atoms with van der Waals surface area (Å²) in [7, 11) is 1.45. The Balaban J connectivity index is 1.99. The number of hydrogen-bond acceptors (Lipinski definition) is 3. The maximum absolute atomic E-state index is 11.5. The molecule has 0 saturated carbocycles. The fraction of sp³-hybridized carbons (Fsp3) is 0.462. The Kier molecular flexibility index (Phi) is 3.25. The van der Waals surface area contributed by atoms with Crippen LogP contribution in [0, 0.1) is 0 Å². The van der Waals surface area contributed by atoms with Gasteiger partial charge in [-0.15, -0.1) is 0 Å². The summed E-state index contributed by atoms with van der Waals surface area (Å²) in [4.78, 5) is 13.7. The molecule has 16 heavy (non-hydrogen) atoms. The van der Waals surface area contributed by atoms with E-state index in [0.29, 0.717) is 6.04 Å². The van der Waals surface area contributed by atoms with Gasteiger partial charge in [-0.05, 0) is 12.0 Å². The number of benzene rings is 1. The summed E-state index contributed by atoms with van der Waals surface area (Å²) in [6.07, 6.45) is 0.993. The number of nitrogens with zero attached hydrogens (tertiary/aromatic N) is 1. The lowest BCUT2D eigenvalue weighted by Crippen LogP contribution is -2.14. The second-order valence-corrected chi connectivity index (χ2v) is 4.10. The lowest BCUT2D eigenvalue weighted by Gasteiger charge is -2.03. The standard InChI is InChI=1S/C13H17NO2/c1-3-11-12(13(15)16-2)14(11)9-10-7-5-4-6-8-10/h4-8,11-12H,3,9H2,1-2H3/t11-,12+,14?/m1/s1.